The fourth-order valence-electron chi connectivity index (χ4n) is 7.18. The van der Waals surface area contributed by atoms with Gasteiger partial charge in [-0.2, -0.15) is 0 Å². The zero-order chi connectivity index (χ0) is 28.1. The first-order valence-electron chi connectivity index (χ1n) is 14.3. The Bertz CT molecular complexity index is 1460. The number of nitrogens with zero attached hydrogens (tertiary/aromatic N) is 1. The van der Waals surface area contributed by atoms with Gasteiger partial charge in [0.05, 0.1) is 23.6 Å². The Hall–Kier alpha value is -2.55. The fraction of sp³-hybridized carbons (Fsp3) is 0.516. The molecule has 2 aliphatic carbocycles. The van der Waals surface area contributed by atoms with Crippen molar-refractivity contribution in [3.05, 3.63) is 70.3 Å². The first-order chi connectivity index (χ1) is 19.1. The molecule has 40 heavy (non-hydrogen) atoms. The maximum Gasteiger partial charge on any atom is 0.264 e. The number of aliphatic hydroxyl groups is 1. The maximum absolute atomic E-state index is 13.1. The lowest BCUT2D eigenvalue weighted by Gasteiger charge is -2.48. The van der Waals surface area contributed by atoms with Crippen LogP contribution in [0.1, 0.15) is 66.9 Å². The summed E-state index contributed by atoms with van der Waals surface area (Å²) in [7, 11) is -3.80. The Balaban J connectivity index is 1.43. The molecule has 214 valence electrons. The predicted octanol–water partition coefficient (Wildman–Crippen LogP) is 5.00. The van der Waals surface area contributed by atoms with Crippen LogP contribution in [-0.2, 0) is 21.9 Å². The van der Waals surface area contributed by atoms with E-state index < -0.39 is 21.5 Å². The number of carbonyl (C=O) groups is 1. The molecular weight excluding hydrogens is 548 g/mol. The number of ether oxygens (including phenoxy) is 1. The molecule has 0 saturated heterocycles. The molecular formula is C31H37ClN2O5S. The van der Waals surface area contributed by atoms with Crippen LogP contribution in [0.2, 0.25) is 5.02 Å². The monoisotopic (exact) mass is 584 g/mol. The van der Waals surface area contributed by atoms with Crippen molar-refractivity contribution >= 4 is 33.2 Å². The number of fused-ring (bicyclic) bond motifs is 4. The quantitative estimate of drug-likeness (QED) is 0.423. The first kappa shape index (κ1) is 27.6. The molecule has 2 bridgehead atoms. The lowest BCUT2D eigenvalue weighted by atomic mass is 9.64. The summed E-state index contributed by atoms with van der Waals surface area (Å²) in [5.41, 5.74) is 2.34. The van der Waals surface area contributed by atoms with Crippen molar-refractivity contribution in [3.8, 4) is 5.75 Å². The van der Waals surface area contributed by atoms with E-state index in [9.17, 15) is 18.3 Å². The van der Waals surface area contributed by atoms with Gasteiger partial charge in [0.1, 0.15) is 5.75 Å². The minimum absolute atomic E-state index is 0.0906. The van der Waals surface area contributed by atoms with Crippen LogP contribution in [0.15, 0.2) is 48.6 Å². The van der Waals surface area contributed by atoms with E-state index in [1.54, 1.807) is 18.2 Å². The van der Waals surface area contributed by atoms with E-state index in [4.69, 9.17) is 16.3 Å². The minimum atomic E-state index is -3.80. The summed E-state index contributed by atoms with van der Waals surface area (Å²) in [5, 5.41) is 12.1. The van der Waals surface area contributed by atoms with Crippen LogP contribution in [0.5, 0.6) is 5.75 Å². The smallest absolute Gasteiger partial charge is 0.264 e. The lowest BCUT2D eigenvalue weighted by molar-refractivity contribution is -0.0314. The van der Waals surface area contributed by atoms with Crippen molar-refractivity contribution in [1.82, 2.24) is 4.72 Å². The molecule has 0 aromatic heterocycles. The van der Waals surface area contributed by atoms with Gasteiger partial charge in [-0.3, -0.25) is 4.79 Å². The van der Waals surface area contributed by atoms with Crippen LogP contribution >= 0.6 is 11.6 Å². The predicted molar refractivity (Wildman–Crippen MR) is 157 cm³/mol. The van der Waals surface area contributed by atoms with Crippen LogP contribution in [0.25, 0.3) is 0 Å². The van der Waals surface area contributed by atoms with E-state index >= 15 is 0 Å². The van der Waals surface area contributed by atoms with Gasteiger partial charge in [0, 0.05) is 29.1 Å². The lowest BCUT2D eigenvalue weighted by Crippen LogP contribution is -2.51. The number of amides is 1. The second kappa shape index (κ2) is 10.4. The number of aryl methyl sites for hydroxylation is 1. The number of benzene rings is 2. The fourth-order valence-corrected chi connectivity index (χ4v) is 8.43. The second-order valence-corrected chi connectivity index (χ2v) is 14.5. The Morgan fingerprint density at radius 2 is 2.00 bits per heavy atom. The molecule has 9 heteroatoms. The van der Waals surface area contributed by atoms with Crippen molar-refractivity contribution in [3.63, 3.8) is 0 Å². The summed E-state index contributed by atoms with van der Waals surface area (Å²) in [6.07, 6.45) is 9.49. The summed E-state index contributed by atoms with van der Waals surface area (Å²) in [6.45, 7) is 3.76. The number of anilines is 1. The number of sulfonamides is 1. The standard InChI is InChI=1S/C31H37ClN2O5S/c1-30(36)13-3-2-4-15-40(37,38)33-29(35)22-8-12-28-27(17-22)34(18-23-7-10-25(23)30)19-31(20-39-28)14-5-6-21-16-24(32)9-11-26(21)31/h3,8-9,11-13,16-17,23,25,36H,2,4-7,10,14-15,18-20H2,1H3,(H,33,35)/b13-3+/t23-,25+,30-,31-/m0/s1. The highest BCUT2D eigenvalue weighted by Crippen LogP contribution is 2.48. The highest BCUT2D eigenvalue weighted by atomic mass is 35.5. The summed E-state index contributed by atoms with van der Waals surface area (Å²) in [6, 6.07) is 11.3. The average Bonchev–Trinajstić information content (AvgIpc) is 3.02. The van der Waals surface area contributed by atoms with Gasteiger partial charge >= 0.3 is 0 Å². The van der Waals surface area contributed by atoms with Crippen molar-refractivity contribution in [1.29, 1.82) is 0 Å². The van der Waals surface area contributed by atoms with Gasteiger partial charge in [-0.05, 0) is 105 Å². The van der Waals surface area contributed by atoms with Crippen molar-refractivity contribution < 1.29 is 23.1 Å². The summed E-state index contributed by atoms with van der Waals surface area (Å²) < 4.78 is 34.0. The summed E-state index contributed by atoms with van der Waals surface area (Å²) in [4.78, 5) is 15.4. The molecule has 2 aliphatic heterocycles. The van der Waals surface area contributed by atoms with Crippen molar-refractivity contribution in [2.75, 3.05) is 30.3 Å². The third kappa shape index (κ3) is 5.26. The normalized spacial score (nSPS) is 32.5. The number of carbonyl (C=O) groups excluding carboxylic acids is 1. The van der Waals surface area contributed by atoms with E-state index in [0.717, 1.165) is 42.8 Å². The molecule has 1 amide bonds. The molecule has 2 N–H and O–H groups in total. The molecule has 1 saturated carbocycles. The molecule has 0 radical (unpaired) electrons. The Morgan fingerprint density at radius 1 is 1.15 bits per heavy atom. The van der Waals surface area contributed by atoms with E-state index in [1.807, 2.05) is 25.1 Å². The molecule has 7 nitrogen and oxygen atoms in total. The van der Waals surface area contributed by atoms with Gasteiger partial charge < -0.3 is 14.7 Å². The van der Waals surface area contributed by atoms with Crippen LogP contribution in [0, 0.1) is 11.8 Å². The molecule has 1 fully saturated rings. The van der Waals surface area contributed by atoms with E-state index in [0.29, 0.717) is 38.3 Å². The molecule has 6 rings (SSSR count). The number of nitrogens with one attached hydrogen (secondary N) is 1. The number of rotatable bonds is 0. The van der Waals surface area contributed by atoms with Crippen molar-refractivity contribution in [2.45, 2.75) is 62.9 Å². The van der Waals surface area contributed by atoms with Gasteiger partial charge in [-0.25, -0.2) is 13.1 Å². The van der Waals surface area contributed by atoms with Gasteiger partial charge in [0.25, 0.3) is 5.91 Å². The SMILES string of the molecule is C[C@]1(O)/C=C/CCCS(=O)(=O)NC(=O)c2ccc3c(c2)N(C[C@@H]2CC[C@H]21)C[C@@]1(CCCc2cc(Cl)ccc21)CO3. The molecule has 2 aromatic carbocycles. The topological polar surface area (TPSA) is 95.9 Å². The van der Waals surface area contributed by atoms with E-state index in [-0.39, 0.29) is 28.6 Å². The zero-order valence-electron chi connectivity index (χ0n) is 22.9. The van der Waals surface area contributed by atoms with Crippen LogP contribution in [0.3, 0.4) is 0 Å². The summed E-state index contributed by atoms with van der Waals surface area (Å²) in [5.74, 6) is 0.241. The second-order valence-electron chi connectivity index (χ2n) is 12.3. The van der Waals surface area contributed by atoms with Gasteiger partial charge in [0.2, 0.25) is 10.0 Å². The maximum atomic E-state index is 13.1. The minimum Gasteiger partial charge on any atom is -0.490 e. The van der Waals surface area contributed by atoms with Crippen LogP contribution in [0.4, 0.5) is 5.69 Å². The molecule has 0 unspecified atom stereocenters. The zero-order valence-corrected chi connectivity index (χ0v) is 24.4. The number of halogens is 1. The Labute approximate surface area is 241 Å². The molecule has 2 aromatic rings. The van der Waals surface area contributed by atoms with Crippen LogP contribution in [-0.4, -0.2) is 50.5 Å². The Kier molecular flexibility index (Phi) is 7.16. The number of allylic oxidation sites excluding steroid dienone is 1. The van der Waals surface area contributed by atoms with E-state index in [1.165, 1.54) is 11.1 Å². The summed E-state index contributed by atoms with van der Waals surface area (Å²) >= 11 is 6.37. The number of hydrogen-bond donors (Lipinski definition) is 2. The average molecular weight is 585 g/mol. The molecule has 2 heterocycles. The highest BCUT2D eigenvalue weighted by molar-refractivity contribution is 7.90. The number of hydrogen-bond acceptors (Lipinski definition) is 6. The largest absolute Gasteiger partial charge is 0.490 e. The third-order valence-corrected chi connectivity index (χ3v) is 11.0. The Morgan fingerprint density at radius 3 is 2.80 bits per heavy atom. The van der Waals surface area contributed by atoms with Gasteiger partial charge in [-0.1, -0.05) is 29.8 Å². The van der Waals surface area contributed by atoms with Gasteiger partial charge in [-0.15, -0.1) is 0 Å². The molecule has 1 spiro atoms. The van der Waals surface area contributed by atoms with Gasteiger partial charge in [0.15, 0.2) is 0 Å². The molecule has 4 aliphatic rings. The van der Waals surface area contributed by atoms with Crippen LogP contribution < -0.4 is 14.4 Å². The van der Waals surface area contributed by atoms with E-state index in [2.05, 4.69) is 21.8 Å². The third-order valence-electron chi connectivity index (χ3n) is 9.41. The first-order valence-corrected chi connectivity index (χ1v) is 16.3. The highest BCUT2D eigenvalue weighted by Gasteiger charge is 2.46. The van der Waals surface area contributed by atoms with Crippen molar-refractivity contribution in [2.24, 2.45) is 11.8 Å². The molecule has 4 atom stereocenters.